The van der Waals surface area contributed by atoms with E-state index in [1.807, 2.05) is 30.3 Å². The number of nitrogens with one attached hydrogen (secondary N) is 1. The van der Waals surface area contributed by atoms with Gasteiger partial charge in [-0.25, -0.2) is 8.42 Å². The average molecular weight is 447 g/mol. The number of hydrogen-bond donors (Lipinski definition) is 1. The van der Waals surface area contributed by atoms with E-state index in [2.05, 4.69) is 14.7 Å². The van der Waals surface area contributed by atoms with E-state index in [1.54, 1.807) is 13.8 Å². The number of ether oxygens (including phenoxy) is 1. The van der Waals surface area contributed by atoms with Gasteiger partial charge in [-0.2, -0.15) is 13.7 Å². The van der Waals surface area contributed by atoms with E-state index in [4.69, 9.17) is 4.74 Å². The lowest BCUT2D eigenvalue weighted by Gasteiger charge is -2.19. The molecule has 0 atom stereocenters. The van der Waals surface area contributed by atoms with Gasteiger partial charge in [0.15, 0.2) is 5.82 Å². The third-order valence-electron chi connectivity index (χ3n) is 4.44. The Morgan fingerprint density at radius 1 is 1.13 bits per heavy atom. The largest absolute Gasteiger partial charge is 0.496 e. The summed E-state index contributed by atoms with van der Waals surface area (Å²) in [7, 11) is -2.29. The molecule has 0 fully saturated rings. The summed E-state index contributed by atoms with van der Waals surface area (Å²) >= 11 is 1.04. The summed E-state index contributed by atoms with van der Waals surface area (Å²) in [6.45, 7) is 4.19. The summed E-state index contributed by atoms with van der Waals surface area (Å²) in [4.78, 5) is 17.2. The SMILES string of the molecule is CCN(CC)S(=O)(=O)c1ccc(OC)c(C(=O)Nc2nc(-c3ccccc3)ns2)c1. The molecule has 1 N–H and O–H groups in total. The van der Waals surface area contributed by atoms with Crippen molar-refractivity contribution in [1.82, 2.24) is 13.7 Å². The van der Waals surface area contributed by atoms with E-state index >= 15 is 0 Å². The number of methoxy groups -OCH3 is 1. The van der Waals surface area contributed by atoms with Crippen LogP contribution in [0.4, 0.5) is 5.13 Å². The van der Waals surface area contributed by atoms with Crippen LogP contribution in [0.25, 0.3) is 11.4 Å². The summed E-state index contributed by atoms with van der Waals surface area (Å²) in [5, 5.41) is 2.98. The zero-order valence-corrected chi connectivity index (χ0v) is 18.5. The van der Waals surface area contributed by atoms with Crippen LogP contribution in [0.15, 0.2) is 53.4 Å². The summed E-state index contributed by atoms with van der Waals surface area (Å²) in [5.41, 5.74) is 0.932. The van der Waals surface area contributed by atoms with E-state index in [0.29, 0.717) is 24.0 Å². The maximum absolute atomic E-state index is 12.9. The maximum atomic E-state index is 12.9. The molecule has 1 aromatic heterocycles. The Hall–Kier alpha value is -2.82. The number of rotatable bonds is 8. The van der Waals surface area contributed by atoms with Crippen LogP contribution in [0.5, 0.6) is 5.75 Å². The van der Waals surface area contributed by atoms with Crippen molar-refractivity contribution >= 4 is 32.6 Å². The van der Waals surface area contributed by atoms with Gasteiger partial charge in [0.1, 0.15) is 5.75 Å². The number of benzene rings is 2. The number of anilines is 1. The molecular weight excluding hydrogens is 424 g/mol. The molecule has 3 rings (SSSR count). The number of sulfonamides is 1. The standard InChI is InChI=1S/C20H22N4O4S2/c1-4-24(5-2)30(26,27)15-11-12-17(28-3)16(13-15)19(25)22-20-21-18(23-29-20)14-9-7-6-8-10-14/h6-13H,4-5H2,1-3H3,(H,21,22,23,25). The lowest BCUT2D eigenvalue weighted by molar-refractivity contribution is 0.102. The molecule has 0 aliphatic heterocycles. The summed E-state index contributed by atoms with van der Waals surface area (Å²) < 4.78 is 36.5. The molecule has 1 amide bonds. The van der Waals surface area contributed by atoms with Gasteiger partial charge in [-0.15, -0.1) is 0 Å². The zero-order valence-electron chi connectivity index (χ0n) is 16.8. The van der Waals surface area contributed by atoms with Crippen LogP contribution < -0.4 is 10.1 Å². The third kappa shape index (κ3) is 4.50. The highest BCUT2D eigenvalue weighted by Crippen LogP contribution is 2.27. The van der Waals surface area contributed by atoms with Gasteiger partial charge in [0.05, 0.1) is 17.6 Å². The van der Waals surface area contributed by atoms with Crippen LogP contribution in [0.2, 0.25) is 0 Å². The topological polar surface area (TPSA) is 101 Å². The molecule has 0 saturated carbocycles. The predicted molar refractivity (Wildman–Crippen MR) is 116 cm³/mol. The first-order chi connectivity index (χ1) is 14.4. The van der Waals surface area contributed by atoms with Crippen molar-refractivity contribution in [3.05, 3.63) is 54.1 Å². The van der Waals surface area contributed by atoms with Gasteiger partial charge in [0.2, 0.25) is 15.2 Å². The van der Waals surface area contributed by atoms with E-state index < -0.39 is 15.9 Å². The second kappa shape index (κ2) is 9.33. The summed E-state index contributed by atoms with van der Waals surface area (Å²) in [5.74, 6) is 0.235. The second-order valence-corrected chi connectivity index (χ2v) is 8.88. The molecule has 3 aromatic rings. The van der Waals surface area contributed by atoms with Crippen LogP contribution in [0.1, 0.15) is 24.2 Å². The van der Waals surface area contributed by atoms with Crippen molar-refractivity contribution in [3.8, 4) is 17.1 Å². The van der Waals surface area contributed by atoms with Crippen LogP contribution in [-0.4, -0.2) is 48.2 Å². The van der Waals surface area contributed by atoms with Gasteiger partial charge in [0, 0.05) is 30.2 Å². The Morgan fingerprint density at radius 2 is 1.83 bits per heavy atom. The minimum Gasteiger partial charge on any atom is -0.496 e. The molecule has 30 heavy (non-hydrogen) atoms. The normalized spacial score (nSPS) is 11.5. The molecule has 0 saturated heterocycles. The lowest BCUT2D eigenvalue weighted by Crippen LogP contribution is -2.30. The Balaban J connectivity index is 1.89. The molecule has 1 heterocycles. The molecule has 0 unspecified atom stereocenters. The van der Waals surface area contributed by atoms with Crippen molar-refractivity contribution in [2.45, 2.75) is 18.7 Å². The molecule has 0 radical (unpaired) electrons. The number of hydrogen-bond acceptors (Lipinski definition) is 7. The maximum Gasteiger partial charge on any atom is 0.261 e. The fourth-order valence-electron chi connectivity index (χ4n) is 2.88. The molecular formula is C20H22N4O4S2. The Labute approximate surface area is 179 Å². The zero-order chi connectivity index (χ0) is 21.7. The van der Waals surface area contributed by atoms with Crippen molar-refractivity contribution in [1.29, 1.82) is 0 Å². The van der Waals surface area contributed by atoms with Gasteiger partial charge in [0.25, 0.3) is 5.91 Å². The first-order valence-electron chi connectivity index (χ1n) is 9.29. The van der Waals surface area contributed by atoms with Gasteiger partial charge >= 0.3 is 0 Å². The quantitative estimate of drug-likeness (QED) is 0.568. The van der Waals surface area contributed by atoms with Crippen molar-refractivity contribution < 1.29 is 17.9 Å². The molecule has 0 spiro atoms. The highest BCUT2D eigenvalue weighted by atomic mass is 32.2. The monoisotopic (exact) mass is 446 g/mol. The molecule has 10 heteroatoms. The van der Waals surface area contributed by atoms with Gasteiger partial charge < -0.3 is 4.74 Å². The van der Waals surface area contributed by atoms with E-state index in [9.17, 15) is 13.2 Å². The van der Waals surface area contributed by atoms with Crippen molar-refractivity contribution in [2.24, 2.45) is 0 Å². The van der Waals surface area contributed by atoms with Crippen LogP contribution >= 0.6 is 11.5 Å². The molecule has 0 aliphatic rings. The van der Waals surface area contributed by atoms with Crippen LogP contribution in [-0.2, 0) is 10.0 Å². The molecule has 2 aromatic carbocycles. The first kappa shape index (κ1) is 21.9. The number of carbonyl (C=O) groups is 1. The number of carbonyl (C=O) groups excluding carboxylic acids is 1. The van der Waals surface area contributed by atoms with E-state index in [0.717, 1.165) is 17.1 Å². The molecule has 0 bridgehead atoms. The Kier molecular flexibility index (Phi) is 6.80. The van der Waals surface area contributed by atoms with Gasteiger partial charge in [-0.05, 0) is 18.2 Å². The fourth-order valence-corrected chi connectivity index (χ4v) is 4.95. The van der Waals surface area contributed by atoms with Crippen LogP contribution in [0, 0.1) is 0 Å². The first-order valence-corrected chi connectivity index (χ1v) is 11.5. The summed E-state index contributed by atoms with van der Waals surface area (Å²) in [6, 6.07) is 13.6. The lowest BCUT2D eigenvalue weighted by atomic mass is 10.2. The van der Waals surface area contributed by atoms with Crippen molar-refractivity contribution in [3.63, 3.8) is 0 Å². The van der Waals surface area contributed by atoms with E-state index in [-0.39, 0.29) is 16.2 Å². The smallest absolute Gasteiger partial charge is 0.261 e. The minimum absolute atomic E-state index is 0.0272. The predicted octanol–water partition coefficient (Wildman–Crippen LogP) is 3.50. The van der Waals surface area contributed by atoms with Crippen molar-refractivity contribution in [2.75, 3.05) is 25.5 Å². The molecule has 158 valence electrons. The summed E-state index contributed by atoms with van der Waals surface area (Å²) in [6.07, 6.45) is 0. The number of amides is 1. The van der Waals surface area contributed by atoms with E-state index in [1.165, 1.54) is 29.6 Å². The number of aromatic nitrogens is 2. The Bertz CT molecular complexity index is 1130. The fraction of sp³-hybridized carbons (Fsp3) is 0.250. The average Bonchev–Trinajstić information content (AvgIpc) is 3.23. The van der Waals surface area contributed by atoms with Gasteiger partial charge in [-0.3, -0.25) is 10.1 Å². The second-order valence-electron chi connectivity index (χ2n) is 6.19. The molecule has 8 nitrogen and oxygen atoms in total. The Morgan fingerprint density at radius 3 is 2.47 bits per heavy atom. The highest BCUT2D eigenvalue weighted by molar-refractivity contribution is 7.89. The number of nitrogens with zero attached hydrogens (tertiary/aromatic N) is 3. The van der Waals surface area contributed by atoms with Gasteiger partial charge in [-0.1, -0.05) is 44.2 Å². The highest BCUT2D eigenvalue weighted by Gasteiger charge is 2.25. The molecule has 0 aliphatic carbocycles. The van der Waals surface area contributed by atoms with Crippen LogP contribution in [0.3, 0.4) is 0 Å². The third-order valence-corrected chi connectivity index (χ3v) is 7.11. The minimum atomic E-state index is -3.71.